The van der Waals surface area contributed by atoms with E-state index in [-0.39, 0.29) is 0 Å². The molecule has 148 valence electrons. The third kappa shape index (κ3) is 4.10. The van der Waals surface area contributed by atoms with Crippen LogP contribution in [0.2, 0.25) is 0 Å². The van der Waals surface area contributed by atoms with E-state index in [1.807, 2.05) is 0 Å². The molecule has 0 atom stereocenters. The van der Waals surface area contributed by atoms with Crippen molar-refractivity contribution in [3.63, 3.8) is 0 Å². The van der Waals surface area contributed by atoms with Gasteiger partial charge in [-0.2, -0.15) is 18.3 Å². The fraction of sp³-hybridized carbons (Fsp3) is 0.368. The van der Waals surface area contributed by atoms with Gasteiger partial charge in [0.2, 0.25) is 0 Å². The minimum Gasteiger partial charge on any atom is -0.616 e. The van der Waals surface area contributed by atoms with Crippen LogP contribution in [0.3, 0.4) is 0 Å². The molecule has 1 aromatic carbocycles. The molecule has 2 aromatic heterocycles. The summed E-state index contributed by atoms with van der Waals surface area (Å²) in [6.45, 7) is 0.730. The summed E-state index contributed by atoms with van der Waals surface area (Å²) in [5.41, 5.74) is 0.759. The van der Waals surface area contributed by atoms with Crippen molar-refractivity contribution >= 4 is 22.6 Å². The Morgan fingerprint density at radius 2 is 2.00 bits per heavy atom. The zero-order chi connectivity index (χ0) is 19.7. The molecule has 28 heavy (non-hydrogen) atoms. The van der Waals surface area contributed by atoms with Crippen LogP contribution >= 0.6 is 0 Å². The molecule has 3 aromatic rings. The molecule has 0 saturated carbocycles. The third-order valence-corrected chi connectivity index (χ3v) is 6.33. The highest BCUT2D eigenvalue weighted by Gasteiger charge is 2.30. The number of hydrogen-bond acceptors (Lipinski definition) is 4. The Kier molecular flexibility index (Phi) is 5.20. The van der Waals surface area contributed by atoms with Crippen molar-refractivity contribution in [2.75, 3.05) is 23.4 Å². The average molecular weight is 408 g/mol. The standard InChI is InChI=1S/C19H19F3N4OS/c20-19(21,22)15-3-1-2-14(10-15)16-12-24-26-7-4-17(25-18(16)26)23-11-13-5-8-28(27)9-6-13/h1-4,7,10,12-13H,5-6,8-9,11H2,(H,23,25). The molecule has 0 aliphatic carbocycles. The number of hydrogen-bond donors (Lipinski definition) is 1. The molecule has 1 saturated heterocycles. The van der Waals surface area contributed by atoms with E-state index in [0.717, 1.165) is 43.0 Å². The Morgan fingerprint density at radius 3 is 2.75 bits per heavy atom. The van der Waals surface area contributed by atoms with Crippen LogP contribution in [-0.2, 0) is 17.4 Å². The third-order valence-electron chi connectivity index (χ3n) is 4.95. The number of aromatic nitrogens is 3. The fourth-order valence-electron chi connectivity index (χ4n) is 3.33. The van der Waals surface area contributed by atoms with Gasteiger partial charge < -0.3 is 9.87 Å². The molecule has 1 fully saturated rings. The van der Waals surface area contributed by atoms with Crippen LogP contribution in [0, 0.1) is 5.92 Å². The molecular weight excluding hydrogens is 389 g/mol. The fourth-order valence-corrected chi connectivity index (χ4v) is 4.73. The topological polar surface area (TPSA) is 65.3 Å². The molecule has 0 radical (unpaired) electrons. The maximum atomic E-state index is 13.0. The number of rotatable bonds is 4. The van der Waals surface area contributed by atoms with E-state index >= 15 is 0 Å². The highest BCUT2D eigenvalue weighted by molar-refractivity contribution is 7.91. The van der Waals surface area contributed by atoms with Crippen molar-refractivity contribution < 1.29 is 17.7 Å². The van der Waals surface area contributed by atoms with Crippen molar-refractivity contribution in [2.24, 2.45) is 5.92 Å². The van der Waals surface area contributed by atoms with Gasteiger partial charge in [0.05, 0.1) is 11.8 Å². The van der Waals surface area contributed by atoms with Gasteiger partial charge in [-0.05, 0) is 42.5 Å². The highest BCUT2D eigenvalue weighted by atomic mass is 32.2. The second kappa shape index (κ2) is 7.63. The smallest absolute Gasteiger partial charge is 0.416 e. The number of nitrogens with zero attached hydrogens (tertiary/aromatic N) is 3. The lowest BCUT2D eigenvalue weighted by Gasteiger charge is -2.24. The molecule has 9 heteroatoms. The Hall–Kier alpha value is -2.26. The van der Waals surface area contributed by atoms with Crippen LogP contribution in [0.1, 0.15) is 18.4 Å². The monoisotopic (exact) mass is 408 g/mol. The molecule has 3 heterocycles. The summed E-state index contributed by atoms with van der Waals surface area (Å²) in [7, 11) is 0. The summed E-state index contributed by atoms with van der Waals surface area (Å²) in [5, 5.41) is 7.49. The van der Waals surface area contributed by atoms with E-state index in [1.165, 1.54) is 12.3 Å². The lowest BCUT2D eigenvalue weighted by molar-refractivity contribution is -0.137. The van der Waals surface area contributed by atoms with Crippen LogP contribution in [0.4, 0.5) is 19.0 Å². The lowest BCUT2D eigenvalue weighted by Crippen LogP contribution is -2.27. The molecule has 0 amide bonds. The minimum atomic E-state index is -4.40. The number of anilines is 1. The highest BCUT2D eigenvalue weighted by Crippen LogP contribution is 2.33. The Labute approximate surface area is 163 Å². The molecule has 5 nitrogen and oxygen atoms in total. The Balaban J connectivity index is 1.57. The summed E-state index contributed by atoms with van der Waals surface area (Å²) >= 11 is -0.690. The lowest BCUT2D eigenvalue weighted by atomic mass is 10.0. The first-order valence-corrected chi connectivity index (χ1v) is 10.5. The van der Waals surface area contributed by atoms with Crippen molar-refractivity contribution in [3.8, 4) is 11.1 Å². The number of nitrogens with one attached hydrogen (secondary N) is 1. The number of benzene rings is 1. The second-order valence-electron chi connectivity index (χ2n) is 6.89. The molecule has 1 N–H and O–H groups in total. The van der Waals surface area contributed by atoms with E-state index in [0.29, 0.717) is 28.5 Å². The molecule has 0 unspecified atom stereocenters. The number of halogens is 3. The van der Waals surface area contributed by atoms with Gasteiger partial charge in [-0.25, -0.2) is 9.50 Å². The largest absolute Gasteiger partial charge is 0.616 e. The molecule has 1 aliphatic heterocycles. The van der Waals surface area contributed by atoms with Gasteiger partial charge >= 0.3 is 6.18 Å². The van der Waals surface area contributed by atoms with Gasteiger partial charge in [0, 0.05) is 18.3 Å². The molecule has 4 rings (SSSR count). The maximum absolute atomic E-state index is 13.0. The number of alkyl halides is 3. The van der Waals surface area contributed by atoms with E-state index in [1.54, 1.807) is 22.8 Å². The van der Waals surface area contributed by atoms with E-state index in [2.05, 4.69) is 15.4 Å². The zero-order valence-electron chi connectivity index (χ0n) is 14.9. The van der Waals surface area contributed by atoms with Crippen molar-refractivity contribution in [2.45, 2.75) is 19.0 Å². The van der Waals surface area contributed by atoms with Crippen LogP contribution in [0.15, 0.2) is 42.7 Å². The van der Waals surface area contributed by atoms with Crippen LogP contribution < -0.4 is 5.32 Å². The van der Waals surface area contributed by atoms with Gasteiger partial charge in [-0.1, -0.05) is 23.3 Å². The van der Waals surface area contributed by atoms with Crippen molar-refractivity contribution in [3.05, 3.63) is 48.3 Å². The van der Waals surface area contributed by atoms with Gasteiger partial charge in [-0.3, -0.25) is 0 Å². The Bertz CT molecular complexity index is 967. The predicted octanol–water partition coefficient (Wildman–Crippen LogP) is 3.99. The summed E-state index contributed by atoms with van der Waals surface area (Å²) < 4.78 is 52.1. The molecule has 0 bridgehead atoms. The van der Waals surface area contributed by atoms with Gasteiger partial charge in [0.15, 0.2) is 5.65 Å². The first-order valence-electron chi connectivity index (χ1n) is 9.01. The quantitative estimate of drug-likeness (QED) is 0.663. The van der Waals surface area contributed by atoms with E-state index in [4.69, 9.17) is 0 Å². The van der Waals surface area contributed by atoms with Gasteiger partial charge in [0.25, 0.3) is 0 Å². The molecule has 1 aliphatic rings. The summed E-state index contributed by atoms with van der Waals surface area (Å²) in [6, 6.07) is 6.96. The second-order valence-corrected chi connectivity index (χ2v) is 8.59. The predicted molar refractivity (Wildman–Crippen MR) is 103 cm³/mol. The molecular formula is C19H19F3N4OS. The maximum Gasteiger partial charge on any atom is 0.416 e. The van der Waals surface area contributed by atoms with E-state index in [9.17, 15) is 17.7 Å². The minimum absolute atomic E-state index is 0.421. The molecule has 0 spiro atoms. The van der Waals surface area contributed by atoms with Crippen LogP contribution in [-0.4, -0.2) is 37.2 Å². The number of fused-ring (bicyclic) bond motifs is 1. The first-order chi connectivity index (χ1) is 13.4. The van der Waals surface area contributed by atoms with Gasteiger partial charge in [0.1, 0.15) is 17.3 Å². The van der Waals surface area contributed by atoms with E-state index < -0.39 is 22.9 Å². The normalized spacial score (nSPS) is 20.4. The van der Waals surface area contributed by atoms with Crippen LogP contribution in [0.5, 0.6) is 0 Å². The van der Waals surface area contributed by atoms with Crippen molar-refractivity contribution in [1.82, 2.24) is 14.6 Å². The first kappa shape index (κ1) is 19.1. The van der Waals surface area contributed by atoms with Gasteiger partial charge in [-0.15, -0.1) is 0 Å². The SMILES string of the molecule is [O-][S+]1CCC(CNc2ccn3ncc(-c4cccc(C(F)(F)F)c4)c3n2)CC1. The van der Waals surface area contributed by atoms with Crippen LogP contribution in [0.25, 0.3) is 16.8 Å². The summed E-state index contributed by atoms with van der Waals surface area (Å²) in [5.74, 6) is 2.57. The summed E-state index contributed by atoms with van der Waals surface area (Å²) in [6.07, 6.45) is 0.701. The Morgan fingerprint density at radius 1 is 1.21 bits per heavy atom. The van der Waals surface area contributed by atoms with Crippen molar-refractivity contribution in [1.29, 1.82) is 0 Å². The zero-order valence-corrected chi connectivity index (χ0v) is 15.8. The average Bonchev–Trinajstić information content (AvgIpc) is 3.10. The summed E-state index contributed by atoms with van der Waals surface area (Å²) in [4.78, 5) is 4.55.